The van der Waals surface area contributed by atoms with E-state index < -0.39 is 0 Å². The minimum absolute atomic E-state index is 0.176. The maximum atomic E-state index is 13.8. The van der Waals surface area contributed by atoms with E-state index in [1.165, 1.54) is 24.0 Å². The summed E-state index contributed by atoms with van der Waals surface area (Å²) in [4.78, 5) is 12.2. The van der Waals surface area contributed by atoms with Crippen molar-refractivity contribution >= 4 is 52.3 Å². The molecule has 1 saturated heterocycles. The van der Waals surface area contributed by atoms with Crippen molar-refractivity contribution in [3.63, 3.8) is 0 Å². The molecule has 1 aliphatic heterocycles. The number of nitrogens with zero attached hydrogens (tertiary/aromatic N) is 2. The van der Waals surface area contributed by atoms with Crippen LogP contribution >= 0.6 is 35.0 Å². The van der Waals surface area contributed by atoms with Crippen molar-refractivity contribution < 1.29 is 13.6 Å². The lowest BCUT2D eigenvalue weighted by molar-refractivity contribution is -0.118. The topological polar surface area (TPSA) is 67.0 Å². The number of amides is 1. The Bertz CT molecular complexity index is 1160. The Balaban J connectivity index is 1.41. The van der Waals surface area contributed by atoms with Crippen molar-refractivity contribution in [1.29, 1.82) is 0 Å². The maximum absolute atomic E-state index is 13.8. The lowest BCUT2D eigenvalue weighted by atomic mass is 10.1. The van der Waals surface area contributed by atoms with Crippen molar-refractivity contribution in [2.75, 3.05) is 0 Å². The zero-order valence-corrected chi connectivity index (χ0v) is 17.6. The van der Waals surface area contributed by atoms with Gasteiger partial charge in [0.2, 0.25) is 5.91 Å². The lowest BCUT2D eigenvalue weighted by Crippen LogP contribution is -2.26. The van der Waals surface area contributed by atoms with Crippen molar-refractivity contribution in [2.45, 2.75) is 11.7 Å². The fourth-order valence-electron chi connectivity index (χ4n) is 2.86. The van der Waals surface area contributed by atoms with Crippen LogP contribution in [0.3, 0.4) is 0 Å². The van der Waals surface area contributed by atoms with Gasteiger partial charge in [-0.2, -0.15) is 5.10 Å². The molecule has 1 unspecified atom stereocenters. The van der Waals surface area contributed by atoms with Gasteiger partial charge in [0, 0.05) is 0 Å². The van der Waals surface area contributed by atoms with E-state index in [4.69, 9.17) is 27.6 Å². The molecule has 0 radical (unpaired) electrons. The van der Waals surface area contributed by atoms with Gasteiger partial charge in [0.1, 0.15) is 17.3 Å². The molecule has 2 aromatic carbocycles. The number of hydrogen-bond donors (Lipinski definition) is 1. The number of furan rings is 1. The standard InChI is InChI=1S/C21H14Cl2FN3O2S/c22-15-6-3-4-12(19(15)23)10-18-20(28)26-21(30-18)27-25-11-13-8-9-17(29-13)14-5-1-2-7-16(14)24/h1-9,11,18H,10H2,(H,26,27,28). The summed E-state index contributed by atoms with van der Waals surface area (Å²) < 4.78 is 19.4. The smallest absolute Gasteiger partial charge is 0.239 e. The highest BCUT2D eigenvalue weighted by atomic mass is 35.5. The van der Waals surface area contributed by atoms with E-state index in [1.54, 1.807) is 42.5 Å². The molecule has 0 spiro atoms. The summed E-state index contributed by atoms with van der Waals surface area (Å²) in [6.45, 7) is 0. The van der Waals surface area contributed by atoms with Crippen molar-refractivity contribution in [3.8, 4) is 11.3 Å². The minimum atomic E-state index is -0.383. The zero-order chi connectivity index (χ0) is 21.1. The van der Waals surface area contributed by atoms with Gasteiger partial charge in [0.05, 0.1) is 27.1 Å². The van der Waals surface area contributed by atoms with E-state index in [-0.39, 0.29) is 17.0 Å². The quantitative estimate of drug-likeness (QED) is 0.399. The number of carbonyl (C=O) groups is 1. The van der Waals surface area contributed by atoms with Crippen LogP contribution in [0.25, 0.3) is 11.3 Å². The molecule has 9 heteroatoms. The fraction of sp³-hybridized carbons (Fsp3) is 0.0952. The molecule has 2 heterocycles. The van der Waals surface area contributed by atoms with Gasteiger partial charge in [0.25, 0.3) is 0 Å². The van der Waals surface area contributed by atoms with E-state index in [9.17, 15) is 9.18 Å². The van der Waals surface area contributed by atoms with Crippen LogP contribution in [0.4, 0.5) is 4.39 Å². The molecule has 0 saturated carbocycles. The second-order valence-electron chi connectivity index (χ2n) is 6.34. The largest absolute Gasteiger partial charge is 0.455 e. The van der Waals surface area contributed by atoms with Gasteiger partial charge in [-0.1, -0.05) is 59.2 Å². The van der Waals surface area contributed by atoms with Gasteiger partial charge in [-0.25, -0.2) is 4.39 Å². The van der Waals surface area contributed by atoms with E-state index >= 15 is 0 Å². The van der Waals surface area contributed by atoms with Crippen molar-refractivity contribution in [3.05, 3.63) is 81.8 Å². The Morgan fingerprint density at radius 2 is 1.97 bits per heavy atom. The first-order chi connectivity index (χ1) is 14.5. The number of hydrogen-bond acceptors (Lipinski definition) is 5. The zero-order valence-electron chi connectivity index (χ0n) is 15.3. The number of amidine groups is 1. The Hall–Kier alpha value is -2.61. The molecule has 1 amide bonds. The molecule has 1 aromatic heterocycles. The highest BCUT2D eigenvalue weighted by molar-refractivity contribution is 8.15. The highest BCUT2D eigenvalue weighted by Crippen LogP contribution is 2.30. The van der Waals surface area contributed by atoms with Gasteiger partial charge in [-0.15, -0.1) is 5.10 Å². The van der Waals surface area contributed by atoms with Crippen molar-refractivity contribution in [2.24, 2.45) is 10.2 Å². The third kappa shape index (κ3) is 4.59. The normalized spacial score (nSPS) is 17.8. The molecule has 5 nitrogen and oxygen atoms in total. The summed E-state index contributed by atoms with van der Waals surface area (Å²) in [5.41, 5.74) is 1.16. The van der Waals surface area contributed by atoms with Crippen LogP contribution in [0.5, 0.6) is 0 Å². The lowest BCUT2D eigenvalue weighted by Gasteiger charge is -2.08. The van der Waals surface area contributed by atoms with Crippen LogP contribution in [0.2, 0.25) is 10.0 Å². The van der Waals surface area contributed by atoms with Gasteiger partial charge in [-0.05, 0) is 42.3 Å². The maximum Gasteiger partial charge on any atom is 0.239 e. The third-order valence-electron chi connectivity index (χ3n) is 4.31. The molecule has 0 bridgehead atoms. The van der Waals surface area contributed by atoms with Crippen LogP contribution in [0.15, 0.2) is 69.2 Å². The first kappa shape index (κ1) is 20.7. The van der Waals surface area contributed by atoms with E-state index in [1.807, 2.05) is 6.07 Å². The molecule has 1 N–H and O–H groups in total. The summed E-state index contributed by atoms with van der Waals surface area (Å²) >= 11 is 13.5. The molecule has 1 aliphatic rings. The predicted octanol–water partition coefficient (Wildman–Crippen LogP) is 5.56. The first-order valence-corrected chi connectivity index (χ1v) is 10.5. The van der Waals surface area contributed by atoms with Crippen LogP contribution in [-0.2, 0) is 11.2 Å². The van der Waals surface area contributed by atoms with E-state index in [2.05, 4.69) is 15.5 Å². The third-order valence-corrected chi connectivity index (χ3v) is 6.24. The number of rotatable bonds is 5. The summed E-state index contributed by atoms with van der Waals surface area (Å²) in [7, 11) is 0. The van der Waals surface area contributed by atoms with E-state index in [0.717, 1.165) is 5.56 Å². The molecule has 4 rings (SSSR count). The van der Waals surface area contributed by atoms with E-state index in [0.29, 0.717) is 38.7 Å². The Kier molecular flexibility index (Phi) is 6.22. The average Bonchev–Trinajstić information content (AvgIpc) is 3.33. The van der Waals surface area contributed by atoms with Crippen LogP contribution in [0.1, 0.15) is 11.3 Å². The molecular formula is C21H14Cl2FN3O2S. The predicted molar refractivity (Wildman–Crippen MR) is 119 cm³/mol. The Morgan fingerprint density at radius 1 is 1.13 bits per heavy atom. The molecule has 1 fully saturated rings. The van der Waals surface area contributed by atoms with Gasteiger partial charge >= 0.3 is 0 Å². The minimum Gasteiger partial charge on any atom is -0.455 e. The van der Waals surface area contributed by atoms with Crippen LogP contribution < -0.4 is 5.32 Å². The summed E-state index contributed by atoms with van der Waals surface area (Å²) in [5.74, 6) is 0.259. The molecular weight excluding hydrogens is 448 g/mol. The number of nitrogens with one attached hydrogen (secondary N) is 1. The SMILES string of the molecule is O=C1NC(=NN=Cc2ccc(-c3ccccc3F)o2)SC1Cc1cccc(Cl)c1Cl. The molecule has 30 heavy (non-hydrogen) atoms. The Morgan fingerprint density at radius 3 is 2.80 bits per heavy atom. The second-order valence-corrected chi connectivity index (χ2v) is 8.32. The van der Waals surface area contributed by atoms with Crippen molar-refractivity contribution in [1.82, 2.24) is 5.32 Å². The molecule has 152 valence electrons. The summed E-state index contributed by atoms with van der Waals surface area (Å²) in [6.07, 6.45) is 1.81. The van der Waals surface area contributed by atoms with Crippen LogP contribution in [0, 0.1) is 5.82 Å². The van der Waals surface area contributed by atoms with Gasteiger partial charge < -0.3 is 9.73 Å². The molecule has 1 atom stereocenters. The summed E-state index contributed by atoms with van der Waals surface area (Å²) in [5, 5.41) is 11.5. The Labute approximate surface area is 186 Å². The second kappa shape index (κ2) is 9.04. The average molecular weight is 462 g/mol. The summed E-state index contributed by atoms with van der Waals surface area (Å²) in [6, 6.07) is 15.0. The number of benzene rings is 2. The van der Waals surface area contributed by atoms with Crippen LogP contribution in [-0.4, -0.2) is 22.5 Å². The number of carbonyl (C=O) groups excluding carboxylic acids is 1. The molecule has 3 aromatic rings. The van der Waals surface area contributed by atoms with Gasteiger partial charge in [0.15, 0.2) is 5.17 Å². The monoisotopic (exact) mass is 461 g/mol. The highest BCUT2D eigenvalue weighted by Gasteiger charge is 2.31. The van der Waals surface area contributed by atoms with Gasteiger partial charge in [-0.3, -0.25) is 4.79 Å². The first-order valence-electron chi connectivity index (χ1n) is 8.87. The number of thioether (sulfide) groups is 1. The number of halogens is 3. The fourth-order valence-corrected chi connectivity index (χ4v) is 4.21. The molecule has 0 aliphatic carbocycles.